The molecule has 0 bridgehead atoms. The van der Waals surface area contributed by atoms with Crippen molar-refractivity contribution >= 4 is 22.9 Å². The number of rotatable bonds is 1. The van der Waals surface area contributed by atoms with Crippen LogP contribution in [-0.2, 0) is 0 Å². The van der Waals surface area contributed by atoms with Crippen molar-refractivity contribution in [1.82, 2.24) is 3.53 Å². The van der Waals surface area contributed by atoms with E-state index in [-0.39, 0.29) is 0 Å². The molecule has 0 amide bonds. The van der Waals surface area contributed by atoms with Crippen molar-refractivity contribution in [2.75, 3.05) is 0 Å². The van der Waals surface area contributed by atoms with Crippen molar-refractivity contribution in [3.8, 4) is 0 Å². The third-order valence-electron chi connectivity index (χ3n) is 1.41. The molecule has 2 heteroatoms. The van der Waals surface area contributed by atoms with Crippen molar-refractivity contribution in [3.63, 3.8) is 0 Å². The lowest BCUT2D eigenvalue weighted by molar-refractivity contribution is 0.690. The highest BCUT2D eigenvalue weighted by atomic mass is 127. The quantitative estimate of drug-likeness (QED) is 0.531. The zero-order chi connectivity index (χ0) is 5.82. The summed E-state index contributed by atoms with van der Waals surface area (Å²) in [5.41, 5.74) is 1.41. The third-order valence-corrected chi connectivity index (χ3v) is 2.11. The lowest BCUT2D eigenvalue weighted by Gasteiger charge is -2.09. The van der Waals surface area contributed by atoms with Gasteiger partial charge in [0.1, 0.15) is 0 Å². The lowest BCUT2D eigenvalue weighted by Crippen LogP contribution is -2.01. The summed E-state index contributed by atoms with van der Waals surface area (Å²) in [5.74, 6) is 0. The normalized spacial score (nSPS) is 19.9. The molecule has 0 saturated carbocycles. The molecular formula is C6H10IN. The molecule has 1 aliphatic carbocycles. The van der Waals surface area contributed by atoms with E-state index in [1.807, 2.05) is 0 Å². The van der Waals surface area contributed by atoms with Gasteiger partial charge in [-0.05, 0) is 25.7 Å². The predicted octanol–water partition coefficient (Wildman–Crippen LogP) is 2.38. The van der Waals surface area contributed by atoms with Gasteiger partial charge in [0.15, 0.2) is 0 Å². The van der Waals surface area contributed by atoms with Crippen LogP contribution < -0.4 is 3.53 Å². The Kier molecular flexibility index (Phi) is 2.66. The summed E-state index contributed by atoms with van der Waals surface area (Å²) in [6.45, 7) is 0. The second-order valence-electron chi connectivity index (χ2n) is 2.07. The van der Waals surface area contributed by atoms with E-state index in [0.29, 0.717) is 0 Å². The summed E-state index contributed by atoms with van der Waals surface area (Å²) in [4.78, 5) is 0. The summed E-state index contributed by atoms with van der Waals surface area (Å²) in [5, 5.41) is 0. The number of hydrogen-bond donors (Lipinski definition) is 1. The summed E-state index contributed by atoms with van der Waals surface area (Å²) in [6, 6.07) is 0. The summed E-state index contributed by atoms with van der Waals surface area (Å²) >= 11 is 2.19. The van der Waals surface area contributed by atoms with Crippen LogP contribution in [0.15, 0.2) is 11.8 Å². The van der Waals surface area contributed by atoms with Crippen LogP contribution >= 0.6 is 22.9 Å². The van der Waals surface area contributed by atoms with Gasteiger partial charge >= 0.3 is 0 Å². The molecule has 1 rings (SSSR count). The molecule has 1 nitrogen and oxygen atoms in total. The first-order chi connectivity index (χ1) is 3.93. The molecule has 0 spiro atoms. The second-order valence-corrected chi connectivity index (χ2v) is 2.61. The molecule has 0 heterocycles. The smallest absolute Gasteiger partial charge is 0.0557 e. The monoisotopic (exact) mass is 223 g/mol. The van der Waals surface area contributed by atoms with Gasteiger partial charge in [-0.1, -0.05) is 6.08 Å². The molecule has 1 N–H and O–H groups in total. The Morgan fingerprint density at radius 1 is 1.50 bits per heavy atom. The topological polar surface area (TPSA) is 12.0 Å². The lowest BCUT2D eigenvalue weighted by atomic mass is 10.1. The summed E-state index contributed by atoms with van der Waals surface area (Å²) in [7, 11) is 0. The summed E-state index contributed by atoms with van der Waals surface area (Å²) < 4.78 is 3.14. The first-order valence-electron chi connectivity index (χ1n) is 2.99. The molecule has 1 aliphatic rings. The Labute approximate surface area is 64.0 Å². The van der Waals surface area contributed by atoms with Gasteiger partial charge in [-0.15, -0.1) is 0 Å². The van der Waals surface area contributed by atoms with E-state index in [0.717, 1.165) is 0 Å². The van der Waals surface area contributed by atoms with E-state index in [1.54, 1.807) is 0 Å². The van der Waals surface area contributed by atoms with E-state index in [2.05, 4.69) is 32.5 Å². The van der Waals surface area contributed by atoms with Gasteiger partial charge in [0.2, 0.25) is 0 Å². The van der Waals surface area contributed by atoms with Gasteiger partial charge in [0.25, 0.3) is 0 Å². The fraction of sp³-hybridized carbons (Fsp3) is 0.667. The zero-order valence-electron chi connectivity index (χ0n) is 4.78. The van der Waals surface area contributed by atoms with Crippen molar-refractivity contribution in [2.24, 2.45) is 0 Å². The number of hydrogen-bond acceptors (Lipinski definition) is 1. The van der Waals surface area contributed by atoms with E-state index in [9.17, 15) is 0 Å². The first-order valence-corrected chi connectivity index (χ1v) is 4.07. The van der Waals surface area contributed by atoms with Crippen LogP contribution in [0.2, 0.25) is 0 Å². The fourth-order valence-electron chi connectivity index (χ4n) is 0.924. The van der Waals surface area contributed by atoms with Gasteiger partial charge < -0.3 is 3.53 Å². The molecule has 0 fully saturated rings. The Bertz CT molecular complexity index is 98.7. The molecular weight excluding hydrogens is 213 g/mol. The maximum absolute atomic E-state index is 3.14. The average Bonchev–Trinajstić information content (AvgIpc) is 1.90. The van der Waals surface area contributed by atoms with Crippen LogP contribution in [-0.4, -0.2) is 0 Å². The first kappa shape index (κ1) is 6.39. The molecule has 0 unspecified atom stereocenters. The molecule has 0 aromatic heterocycles. The van der Waals surface area contributed by atoms with Crippen molar-refractivity contribution < 1.29 is 0 Å². The minimum atomic E-state index is 1.25. The van der Waals surface area contributed by atoms with Crippen LogP contribution in [0.3, 0.4) is 0 Å². The van der Waals surface area contributed by atoms with Crippen LogP contribution in [0.5, 0.6) is 0 Å². The van der Waals surface area contributed by atoms with Crippen LogP contribution in [0, 0.1) is 0 Å². The van der Waals surface area contributed by atoms with Crippen molar-refractivity contribution in [3.05, 3.63) is 11.8 Å². The number of halogens is 1. The Morgan fingerprint density at radius 3 is 2.75 bits per heavy atom. The highest BCUT2D eigenvalue weighted by molar-refractivity contribution is 14.1. The highest BCUT2D eigenvalue weighted by Crippen LogP contribution is 2.15. The molecule has 46 valence electrons. The Morgan fingerprint density at radius 2 is 2.38 bits per heavy atom. The van der Waals surface area contributed by atoms with E-state index >= 15 is 0 Å². The highest BCUT2D eigenvalue weighted by Gasteiger charge is 1.99. The van der Waals surface area contributed by atoms with Gasteiger partial charge in [0.05, 0.1) is 22.9 Å². The van der Waals surface area contributed by atoms with Crippen LogP contribution in [0.1, 0.15) is 25.7 Å². The SMILES string of the molecule is INC1=CCCCC1. The van der Waals surface area contributed by atoms with Crippen LogP contribution in [0.4, 0.5) is 0 Å². The molecule has 0 saturated heterocycles. The Balaban J connectivity index is 2.37. The maximum atomic E-state index is 3.14. The largest absolute Gasteiger partial charge is 0.332 e. The fourth-order valence-corrected chi connectivity index (χ4v) is 1.41. The molecule has 0 atom stereocenters. The van der Waals surface area contributed by atoms with Crippen molar-refractivity contribution in [1.29, 1.82) is 0 Å². The van der Waals surface area contributed by atoms with Gasteiger partial charge in [0, 0.05) is 5.70 Å². The van der Waals surface area contributed by atoms with E-state index < -0.39 is 0 Å². The molecule has 0 aromatic carbocycles. The number of allylic oxidation sites excluding steroid dienone is 2. The maximum Gasteiger partial charge on any atom is 0.0557 e. The third kappa shape index (κ3) is 1.65. The van der Waals surface area contributed by atoms with Gasteiger partial charge in [-0.25, -0.2) is 0 Å². The van der Waals surface area contributed by atoms with E-state index in [4.69, 9.17) is 0 Å². The van der Waals surface area contributed by atoms with E-state index in [1.165, 1.54) is 31.4 Å². The zero-order valence-corrected chi connectivity index (χ0v) is 6.94. The Hall–Kier alpha value is 0.270. The predicted molar refractivity (Wildman–Crippen MR) is 43.7 cm³/mol. The second kappa shape index (κ2) is 3.33. The number of nitrogens with one attached hydrogen (secondary N) is 1. The summed E-state index contributed by atoms with van der Waals surface area (Å²) in [6.07, 6.45) is 7.55. The minimum absolute atomic E-state index is 1.25. The van der Waals surface area contributed by atoms with Crippen LogP contribution in [0.25, 0.3) is 0 Å². The van der Waals surface area contributed by atoms with Crippen molar-refractivity contribution in [2.45, 2.75) is 25.7 Å². The molecule has 0 aromatic rings. The molecule has 0 radical (unpaired) electrons. The van der Waals surface area contributed by atoms with Gasteiger partial charge in [-0.2, -0.15) is 0 Å². The minimum Gasteiger partial charge on any atom is -0.332 e. The average molecular weight is 223 g/mol. The molecule has 0 aliphatic heterocycles. The standard InChI is InChI=1S/C6H10IN/c7-8-6-4-2-1-3-5-6/h4,8H,1-3,5H2. The molecule has 8 heavy (non-hydrogen) atoms. The van der Waals surface area contributed by atoms with Gasteiger partial charge in [-0.3, -0.25) is 0 Å².